The van der Waals surface area contributed by atoms with Crippen LogP contribution in [0.1, 0.15) is 35.2 Å². The van der Waals surface area contributed by atoms with E-state index in [0.717, 1.165) is 18.2 Å². The number of aliphatic hydroxyl groups is 1. The van der Waals surface area contributed by atoms with Crippen LogP contribution in [0.2, 0.25) is 0 Å². The van der Waals surface area contributed by atoms with E-state index in [9.17, 15) is 18.0 Å². The fraction of sp³-hybridized carbons (Fsp3) is 0.500. The zero-order valence-corrected chi connectivity index (χ0v) is 11.2. The number of halogens is 3. The maximum atomic E-state index is 13.5. The number of rotatable bonds is 5. The fourth-order valence-corrected chi connectivity index (χ4v) is 2.34. The molecular weight excluding hydrogens is 287 g/mol. The number of carbonyl (C=O) groups excluding carboxylic acids is 1. The highest BCUT2D eigenvalue weighted by molar-refractivity contribution is 5.94. The van der Waals surface area contributed by atoms with Gasteiger partial charge < -0.3 is 15.2 Å². The Morgan fingerprint density at radius 2 is 2.24 bits per heavy atom. The first-order valence-corrected chi connectivity index (χ1v) is 6.56. The predicted octanol–water partition coefficient (Wildman–Crippen LogP) is 2.03. The average molecular weight is 303 g/mol. The number of hydrogen-bond donors (Lipinski definition) is 2. The van der Waals surface area contributed by atoms with E-state index in [1.165, 1.54) is 0 Å². The van der Waals surface area contributed by atoms with Gasteiger partial charge in [0.1, 0.15) is 5.82 Å². The number of aliphatic hydroxyl groups excluding tert-OH is 1. The van der Waals surface area contributed by atoms with Crippen molar-refractivity contribution in [2.24, 2.45) is 0 Å². The number of ether oxygens (including phenoxy) is 1. The lowest BCUT2D eigenvalue weighted by Crippen LogP contribution is -2.49. The maximum Gasteiger partial charge on any atom is 0.266 e. The zero-order valence-electron chi connectivity index (χ0n) is 11.2. The van der Waals surface area contributed by atoms with Crippen LogP contribution in [0, 0.1) is 5.82 Å². The van der Waals surface area contributed by atoms with Gasteiger partial charge in [-0.25, -0.2) is 13.2 Å². The molecule has 0 aromatic heterocycles. The topological polar surface area (TPSA) is 58.6 Å². The smallest absolute Gasteiger partial charge is 0.266 e. The highest BCUT2D eigenvalue weighted by atomic mass is 19.3. The van der Waals surface area contributed by atoms with Crippen LogP contribution in [0.15, 0.2) is 18.2 Å². The molecule has 2 N–H and O–H groups in total. The maximum absolute atomic E-state index is 13.5. The Kier molecular flexibility index (Phi) is 4.84. The average Bonchev–Trinajstić information content (AvgIpc) is 2.87. The van der Waals surface area contributed by atoms with E-state index >= 15 is 0 Å². The number of benzene rings is 1. The number of carbonyl (C=O) groups is 1. The summed E-state index contributed by atoms with van der Waals surface area (Å²) in [5.74, 6) is -1.69. The number of nitrogens with one attached hydrogen (secondary N) is 1. The van der Waals surface area contributed by atoms with Gasteiger partial charge in [0.2, 0.25) is 0 Å². The van der Waals surface area contributed by atoms with E-state index in [1.54, 1.807) is 0 Å². The van der Waals surface area contributed by atoms with Crippen molar-refractivity contribution < 1.29 is 27.8 Å². The molecule has 1 amide bonds. The Morgan fingerprint density at radius 1 is 1.48 bits per heavy atom. The van der Waals surface area contributed by atoms with E-state index in [0.29, 0.717) is 19.4 Å². The van der Waals surface area contributed by atoms with Crippen molar-refractivity contribution in [3.63, 3.8) is 0 Å². The second-order valence-electron chi connectivity index (χ2n) is 5.05. The van der Waals surface area contributed by atoms with Crippen molar-refractivity contribution >= 4 is 5.91 Å². The molecule has 1 aliphatic rings. The molecule has 2 rings (SSSR count). The van der Waals surface area contributed by atoms with Crippen LogP contribution >= 0.6 is 0 Å². The van der Waals surface area contributed by atoms with Crippen molar-refractivity contribution in [3.8, 4) is 0 Å². The van der Waals surface area contributed by atoms with Crippen LogP contribution < -0.4 is 5.32 Å². The minimum absolute atomic E-state index is 0.0406. The molecule has 0 radical (unpaired) electrons. The first-order valence-electron chi connectivity index (χ1n) is 6.56. The van der Waals surface area contributed by atoms with Crippen molar-refractivity contribution in [1.82, 2.24) is 5.32 Å². The summed E-state index contributed by atoms with van der Waals surface area (Å²) < 4.78 is 43.6. The molecule has 1 atom stereocenters. The van der Waals surface area contributed by atoms with Gasteiger partial charge in [0.15, 0.2) is 0 Å². The van der Waals surface area contributed by atoms with Gasteiger partial charge in [0.25, 0.3) is 12.3 Å². The highest BCUT2D eigenvalue weighted by Gasteiger charge is 2.36. The lowest BCUT2D eigenvalue weighted by atomic mass is 9.94. The van der Waals surface area contributed by atoms with E-state index in [4.69, 9.17) is 9.84 Å². The molecule has 1 heterocycles. The number of alkyl halides is 2. The summed E-state index contributed by atoms with van der Waals surface area (Å²) in [7, 11) is 0. The van der Waals surface area contributed by atoms with Crippen molar-refractivity contribution in [3.05, 3.63) is 35.1 Å². The largest absolute Gasteiger partial charge is 0.396 e. The predicted molar refractivity (Wildman–Crippen MR) is 68.7 cm³/mol. The molecule has 0 unspecified atom stereocenters. The molecule has 0 saturated carbocycles. The molecule has 0 spiro atoms. The standard InChI is InChI=1S/C14H16F3NO3/c15-11-7-9(1-2-10(11)12(16)17)13(20)18-14(3-5-19)4-6-21-8-14/h1-2,7,12,19H,3-6,8H2,(H,18,20)/t14-/m0/s1. The summed E-state index contributed by atoms with van der Waals surface area (Å²) in [6.07, 6.45) is -2.07. The minimum atomic E-state index is -2.92. The van der Waals surface area contributed by atoms with Crippen molar-refractivity contribution in [1.29, 1.82) is 0 Å². The Morgan fingerprint density at radius 3 is 2.76 bits per heavy atom. The second-order valence-corrected chi connectivity index (χ2v) is 5.05. The third-order valence-corrected chi connectivity index (χ3v) is 3.57. The van der Waals surface area contributed by atoms with Gasteiger partial charge in [-0.15, -0.1) is 0 Å². The van der Waals surface area contributed by atoms with Crippen LogP contribution in [-0.4, -0.2) is 36.4 Å². The number of amides is 1. The van der Waals surface area contributed by atoms with E-state index in [-0.39, 0.29) is 18.8 Å². The summed E-state index contributed by atoms with van der Waals surface area (Å²) in [6, 6.07) is 2.85. The SMILES string of the molecule is O=C(N[C@@]1(CCO)CCOC1)c1ccc(C(F)F)c(F)c1. The fourth-order valence-electron chi connectivity index (χ4n) is 2.34. The van der Waals surface area contributed by atoms with Crippen LogP contribution in [0.25, 0.3) is 0 Å². The third-order valence-electron chi connectivity index (χ3n) is 3.57. The molecule has 1 aromatic rings. The molecule has 1 fully saturated rings. The summed E-state index contributed by atoms with van der Waals surface area (Å²) in [5.41, 5.74) is -1.47. The Bertz CT molecular complexity index is 516. The number of hydrogen-bond acceptors (Lipinski definition) is 3. The summed E-state index contributed by atoms with van der Waals surface area (Å²) in [6.45, 7) is 0.595. The van der Waals surface area contributed by atoms with E-state index < -0.39 is 29.3 Å². The lowest BCUT2D eigenvalue weighted by Gasteiger charge is -2.28. The second kappa shape index (κ2) is 6.44. The normalized spacial score (nSPS) is 21.8. The molecule has 1 saturated heterocycles. The van der Waals surface area contributed by atoms with Crippen molar-refractivity contribution in [2.75, 3.05) is 19.8 Å². The minimum Gasteiger partial charge on any atom is -0.396 e. The Hall–Kier alpha value is -1.60. The van der Waals surface area contributed by atoms with Gasteiger partial charge in [-0.1, -0.05) is 0 Å². The van der Waals surface area contributed by atoms with E-state index in [1.807, 2.05) is 0 Å². The summed E-state index contributed by atoms with van der Waals surface area (Å²) in [5, 5.41) is 11.8. The molecule has 1 aromatic carbocycles. The Balaban J connectivity index is 2.14. The quantitative estimate of drug-likeness (QED) is 0.875. The van der Waals surface area contributed by atoms with Gasteiger partial charge in [-0.05, 0) is 31.0 Å². The molecule has 0 bridgehead atoms. The van der Waals surface area contributed by atoms with Gasteiger partial charge in [-0.3, -0.25) is 4.79 Å². The van der Waals surface area contributed by atoms with E-state index in [2.05, 4.69) is 5.32 Å². The molecule has 1 aliphatic heterocycles. The third kappa shape index (κ3) is 3.54. The van der Waals surface area contributed by atoms with Crippen molar-refractivity contribution in [2.45, 2.75) is 24.8 Å². The first kappa shape index (κ1) is 15.8. The summed E-state index contributed by atoms with van der Waals surface area (Å²) >= 11 is 0. The zero-order chi connectivity index (χ0) is 15.5. The van der Waals surface area contributed by atoms with Crippen LogP contribution in [0.3, 0.4) is 0 Å². The highest BCUT2D eigenvalue weighted by Crippen LogP contribution is 2.25. The first-order chi connectivity index (χ1) is 9.97. The molecule has 7 heteroatoms. The van der Waals surface area contributed by atoms with Gasteiger partial charge in [0.05, 0.1) is 17.7 Å². The van der Waals surface area contributed by atoms with Crippen LogP contribution in [-0.2, 0) is 4.74 Å². The Labute approximate surface area is 119 Å². The molecule has 0 aliphatic carbocycles. The molecular formula is C14H16F3NO3. The van der Waals surface area contributed by atoms with Gasteiger partial charge in [-0.2, -0.15) is 0 Å². The summed E-state index contributed by atoms with van der Waals surface area (Å²) in [4.78, 5) is 12.1. The van der Waals surface area contributed by atoms with Crippen LogP contribution in [0.4, 0.5) is 13.2 Å². The molecule has 116 valence electrons. The van der Waals surface area contributed by atoms with Gasteiger partial charge in [0, 0.05) is 18.8 Å². The lowest BCUT2D eigenvalue weighted by molar-refractivity contribution is 0.0849. The molecule has 4 nitrogen and oxygen atoms in total. The molecule has 21 heavy (non-hydrogen) atoms. The van der Waals surface area contributed by atoms with Crippen LogP contribution in [0.5, 0.6) is 0 Å². The monoisotopic (exact) mass is 303 g/mol. The van der Waals surface area contributed by atoms with Gasteiger partial charge >= 0.3 is 0 Å².